The topological polar surface area (TPSA) is 51.2 Å². The first-order valence-corrected chi connectivity index (χ1v) is 11.0. The average molecular weight is 403 g/mol. The summed E-state index contributed by atoms with van der Waals surface area (Å²) in [6, 6.07) is 4.22. The number of hydrogen-bond acceptors (Lipinski definition) is 5. The first-order valence-electron chi connectivity index (χ1n) is 11.0. The third-order valence-electron chi connectivity index (χ3n) is 7.04. The number of piperidine rings is 1. The standard InChI is InChI=1S/C23H34N2O4/c1-24-11-6-4-5-7-19(24)22(26)25-12-9-23(10-13-25)18-16-21(28-3)20(27-2)15-17(18)8-14-29-23/h15-16,19H,4-14H2,1-3H3. The number of nitrogens with zero attached hydrogens (tertiary/aromatic N) is 2. The van der Waals surface area contributed by atoms with Crippen molar-refractivity contribution in [1.29, 1.82) is 0 Å². The molecule has 1 aromatic carbocycles. The Morgan fingerprint density at radius 1 is 1.07 bits per heavy atom. The van der Waals surface area contributed by atoms with Crippen molar-refractivity contribution >= 4 is 5.91 Å². The van der Waals surface area contributed by atoms with E-state index in [4.69, 9.17) is 14.2 Å². The molecular formula is C23H34N2O4. The summed E-state index contributed by atoms with van der Waals surface area (Å²) in [6.07, 6.45) is 7.10. The van der Waals surface area contributed by atoms with Gasteiger partial charge in [0.15, 0.2) is 11.5 Å². The average Bonchev–Trinajstić information content (AvgIpc) is 2.97. The normalized spacial score (nSPS) is 24.7. The van der Waals surface area contributed by atoms with Crippen molar-refractivity contribution < 1.29 is 19.0 Å². The molecule has 0 aliphatic carbocycles. The summed E-state index contributed by atoms with van der Waals surface area (Å²) < 4.78 is 17.4. The van der Waals surface area contributed by atoms with Gasteiger partial charge in [0.25, 0.3) is 0 Å². The van der Waals surface area contributed by atoms with Gasteiger partial charge in [-0.2, -0.15) is 0 Å². The lowest BCUT2D eigenvalue weighted by atomic mass is 9.79. The van der Waals surface area contributed by atoms with Crippen LogP contribution in [0, 0.1) is 0 Å². The molecule has 1 atom stereocenters. The van der Waals surface area contributed by atoms with Crippen molar-refractivity contribution in [1.82, 2.24) is 9.80 Å². The number of benzene rings is 1. The molecule has 0 N–H and O–H groups in total. The Morgan fingerprint density at radius 2 is 1.79 bits per heavy atom. The molecule has 0 aromatic heterocycles. The van der Waals surface area contributed by atoms with Crippen LogP contribution in [0.4, 0.5) is 0 Å². The number of carbonyl (C=O) groups excluding carboxylic acids is 1. The number of hydrogen-bond donors (Lipinski definition) is 0. The van der Waals surface area contributed by atoms with Gasteiger partial charge in [-0.15, -0.1) is 0 Å². The van der Waals surface area contributed by atoms with Gasteiger partial charge in [0.05, 0.1) is 32.5 Å². The first kappa shape index (κ1) is 20.5. The van der Waals surface area contributed by atoms with Gasteiger partial charge >= 0.3 is 0 Å². The summed E-state index contributed by atoms with van der Waals surface area (Å²) >= 11 is 0. The molecule has 2 fully saturated rings. The molecule has 6 nitrogen and oxygen atoms in total. The van der Waals surface area contributed by atoms with E-state index in [1.165, 1.54) is 24.0 Å². The van der Waals surface area contributed by atoms with E-state index < -0.39 is 0 Å². The van der Waals surface area contributed by atoms with Gasteiger partial charge in [-0.05, 0) is 69.0 Å². The lowest BCUT2D eigenvalue weighted by Crippen LogP contribution is -2.53. The van der Waals surface area contributed by atoms with E-state index in [-0.39, 0.29) is 11.6 Å². The molecule has 1 aromatic rings. The van der Waals surface area contributed by atoms with Crippen molar-refractivity contribution in [2.24, 2.45) is 0 Å². The van der Waals surface area contributed by atoms with Crippen LogP contribution in [0.3, 0.4) is 0 Å². The molecule has 1 spiro atoms. The van der Waals surface area contributed by atoms with Crippen LogP contribution in [0.15, 0.2) is 12.1 Å². The van der Waals surface area contributed by atoms with E-state index >= 15 is 0 Å². The van der Waals surface area contributed by atoms with Gasteiger partial charge < -0.3 is 19.1 Å². The van der Waals surface area contributed by atoms with E-state index in [1.54, 1.807) is 14.2 Å². The molecule has 4 rings (SSSR count). The van der Waals surface area contributed by atoms with Crippen LogP contribution in [-0.2, 0) is 21.6 Å². The van der Waals surface area contributed by atoms with Crippen LogP contribution in [0.2, 0.25) is 0 Å². The predicted molar refractivity (Wildman–Crippen MR) is 112 cm³/mol. The Morgan fingerprint density at radius 3 is 2.52 bits per heavy atom. The molecule has 3 heterocycles. The maximum Gasteiger partial charge on any atom is 0.239 e. The van der Waals surface area contributed by atoms with E-state index in [1.807, 2.05) is 0 Å². The zero-order chi connectivity index (χ0) is 20.4. The van der Waals surface area contributed by atoms with Gasteiger partial charge in [-0.1, -0.05) is 12.8 Å². The predicted octanol–water partition coefficient (Wildman–Crippen LogP) is 2.97. The summed E-state index contributed by atoms with van der Waals surface area (Å²) in [4.78, 5) is 17.5. The smallest absolute Gasteiger partial charge is 0.239 e. The second-order valence-electron chi connectivity index (χ2n) is 8.63. The van der Waals surface area contributed by atoms with Gasteiger partial charge in [-0.3, -0.25) is 9.69 Å². The number of rotatable bonds is 3. The zero-order valence-electron chi connectivity index (χ0n) is 18.0. The quantitative estimate of drug-likeness (QED) is 0.778. The zero-order valence-corrected chi connectivity index (χ0v) is 18.0. The molecule has 1 amide bonds. The largest absolute Gasteiger partial charge is 0.493 e. The van der Waals surface area contributed by atoms with Crippen molar-refractivity contribution in [3.8, 4) is 11.5 Å². The highest BCUT2D eigenvalue weighted by molar-refractivity contribution is 5.82. The monoisotopic (exact) mass is 402 g/mol. The molecule has 160 valence electrons. The fourth-order valence-corrected chi connectivity index (χ4v) is 5.26. The molecule has 0 radical (unpaired) electrons. The number of carbonyl (C=O) groups is 1. The minimum Gasteiger partial charge on any atom is -0.493 e. The van der Waals surface area contributed by atoms with Crippen molar-refractivity contribution in [2.75, 3.05) is 47.5 Å². The molecule has 1 unspecified atom stereocenters. The van der Waals surface area contributed by atoms with Crippen LogP contribution in [-0.4, -0.2) is 69.3 Å². The molecule has 2 saturated heterocycles. The second-order valence-corrected chi connectivity index (χ2v) is 8.63. The lowest BCUT2D eigenvalue weighted by molar-refractivity contribution is -0.145. The molecule has 0 saturated carbocycles. The van der Waals surface area contributed by atoms with Gasteiger partial charge in [0.2, 0.25) is 5.91 Å². The van der Waals surface area contributed by atoms with Crippen LogP contribution in [0.5, 0.6) is 11.5 Å². The number of likely N-dealkylation sites (N-methyl/N-ethyl adjacent to an activating group) is 1. The highest BCUT2D eigenvalue weighted by Crippen LogP contribution is 2.45. The van der Waals surface area contributed by atoms with Gasteiger partial charge in [-0.25, -0.2) is 0 Å². The maximum absolute atomic E-state index is 13.2. The van der Waals surface area contributed by atoms with Crippen molar-refractivity contribution in [3.63, 3.8) is 0 Å². The van der Waals surface area contributed by atoms with Crippen molar-refractivity contribution in [3.05, 3.63) is 23.3 Å². The Bertz CT molecular complexity index is 743. The van der Waals surface area contributed by atoms with Crippen molar-refractivity contribution in [2.45, 2.75) is 56.6 Å². The minimum absolute atomic E-state index is 0.0375. The molecular weight excluding hydrogens is 368 g/mol. The summed E-state index contributed by atoms with van der Waals surface area (Å²) in [6.45, 7) is 3.22. The summed E-state index contributed by atoms with van der Waals surface area (Å²) in [5.74, 6) is 1.81. The molecule has 6 heteroatoms. The van der Waals surface area contributed by atoms with E-state index in [9.17, 15) is 4.79 Å². The van der Waals surface area contributed by atoms with Crippen LogP contribution < -0.4 is 9.47 Å². The Hall–Kier alpha value is -1.79. The number of ether oxygens (including phenoxy) is 3. The number of amides is 1. The molecule has 3 aliphatic heterocycles. The van der Waals surface area contributed by atoms with E-state index in [0.717, 1.165) is 63.2 Å². The Kier molecular flexibility index (Phi) is 6.02. The van der Waals surface area contributed by atoms with Gasteiger partial charge in [0, 0.05) is 13.1 Å². The third kappa shape index (κ3) is 3.84. The van der Waals surface area contributed by atoms with Crippen LogP contribution in [0.1, 0.15) is 49.7 Å². The SMILES string of the molecule is COc1cc2c(cc1OC)C1(CCN(C(=O)C3CCCCCN3C)CC1)OCC2. The number of likely N-dealkylation sites (tertiary alicyclic amines) is 2. The molecule has 29 heavy (non-hydrogen) atoms. The lowest BCUT2D eigenvalue weighted by Gasteiger charge is -2.46. The second kappa shape index (κ2) is 8.52. The highest BCUT2D eigenvalue weighted by Gasteiger charge is 2.43. The molecule has 0 bridgehead atoms. The third-order valence-corrected chi connectivity index (χ3v) is 7.04. The fraction of sp³-hybridized carbons (Fsp3) is 0.696. The van der Waals surface area contributed by atoms with Gasteiger partial charge in [0.1, 0.15) is 0 Å². The van der Waals surface area contributed by atoms with Crippen LogP contribution >= 0.6 is 0 Å². The summed E-state index contributed by atoms with van der Waals surface area (Å²) in [7, 11) is 5.44. The van der Waals surface area contributed by atoms with Crippen LogP contribution in [0.25, 0.3) is 0 Å². The number of fused-ring (bicyclic) bond motifs is 2. The summed E-state index contributed by atoms with van der Waals surface area (Å²) in [5, 5.41) is 0. The summed E-state index contributed by atoms with van der Waals surface area (Å²) in [5.41, 5.74) is 2.16. The number of methoxy groups -OCH3 is 2. The highest BCUT2D eigenvalue weighted by atomic mass is 16.5. The molecule has 3 aliphatic rings. The fourth-order valence-electron chi connectivity index (χ4n) is 5.26. The minimum atomic E-state index is -0.320. The van der Waals surface area contributed by atoms with E-state index in [2.05, 4.69) is 29.0 Å². The Balaban J connectivity index is 1.51. The first-order chi connectivity index (χ1) is 14.1. The maximum atomic E-state index is 13.2. The van der Waals surface area contributed by atoms with E-state index in [0.29, 0.717) is 12.5 Å². The Labute approximate surface area is 174 Å².